The number of benzene rings is 1. The molecule has 3 heterocycles. The molecule has 1 aromatic carbocycles. The standard InChI is InChI=1S/C27H37ClF2N6O2/c1-4-27(14-25(2,15-27)16-38-24(29)30)36-13-20(12-32-36)33-22-10-23(21(28)9-19(22)11-31)34-5-7-35(8-6-34)26(3)17-37-18-26/h9-13,24,31,33H,4-8,14-18H2,1-3H3. The monoisotopic (exact) mass is 550 g/mol. The fourth-order valence-electron chi connectivity index (χ4n) is 6.39. The minimum Gasteiger partial charge on any atom is -0.377 e. The summed E-state index contributed by atoms with van der Waals surface area (Å²) < 4.78 is 37.1. The molecule has 38 heavy (non-hydrogen) atoms. The second-order valence-electron chi connectivity index (χ2n) is 11.6. The van der Waals surface area contributed by atoms with E-state index in [1.807, 2.05) is 29.9 Å². The zero-order valence-electron chi connectivity index (χ0n) is 22.3. The molecule has 0 radical (unpaired) electrons. The van der Waals surface area contributed by atoms with Crippen LogP contribution in [0, 0.1) is 10.8 Å². The van der Waals surface area contributed by atoms with Crippen LogP contribution in [0.2, 0.25) is 5.02 Å². The van der Waals surface area contributed by atoms with Crippen LogP contribution >= 0.6 is 11.6 Å². The smallest absolute Gasteiger partial charge is 0.345 e. The molecule has 2 aliphatic heterocycles. The van der Waals surface area contributed by atoms with Gasteiger partial charge in [0, 0.05) is 49.8 Å². The van der Waals surface area contributed by atoms with Crippen LogP contribution in [0.3, 0.4) is 0 Å². The van der Waals surface area contributed by atoms with Gasteiger partial charge in [-0.05, 0) is 43.7 Å². The quantitative estimate of drug-likeness (QED) is 0.389. The lowest BCUT2D eigenvalue weighted by Gasteiger charge is -2.54. The molecule has 1 aromatic heterocycles. The number of ether oxygens (including phenoxy) is 2. The van der Waals surface area contributed by atoms with Gasteiger partial charge in [0.1, 0.15) is 0 Å². The van der Waals surface area contributed by atoms with Gasteiger partial charge in [-0.3, -0.25) is 9.58 Å². The SMILES string of the molecule is CCC1(n2cc(Nc3cc(N4CCN(C5(C)COC5)CC4)c(Cl)cc3C=N)cn2)CC(C)(COC(F)F)C1. The Bertz CT molecular complexity index is 1160. The molecule has 0 spiro atoms. The van der Waals surface area contributed by atoms with Gasteiger partial charge in [0.05, 0.1) is 53.5 Å². The van der Waals surface area contributed by atoms with Crippen molar-refractivity contribution < 1.29 is 18.3 Å². The molecule has 1 aliphatic carbocycles. The summed E-state index contributed by atoms with van der Waals surface area (Å²) in [4.78, 5) is 4.79. The Morgan fingerprint density at radius 2 is 1.92 bits per heavy atom. The van der Waals surface area contributed by atoms with E-state index in [1.54, 1.807) is 6.20 Å². The first-order valence-electron chi connectivity index (χ1n) is 13.2. The second-order valence-corrected chi connectivity index (χ2v) is 12.0. The molecule has 0 unspecified atom stereocenters. The van der Waals surface area contributed by atoms with Gasteiger partial charge in [0.2, 0.25) is 0 Å². The van der Waals surface area contributed by atoms with E-state index in [2.05, 4.69) is 38.8 Å². The summed E-state index contributed by atoms with van der Waals surface area (Å²) in [7, 11) is 0. The molecule has 0 bridgehead atoms. The third-order valence-electron chi connectivity index (χ3n) is 8.56. The molecule has 2 aromatic rings. The van der Waals surface area contributed by atoms with Crippen LogP contribution in [0.25, 0.3) is 0 Å². The van der Waals surface area contributed by atoms with Gasteiger partial charge in [0.15, 0.2) is 0 Å². The minimum absolute atomic E-state index is 0.0380. The molecular weight excluding hydrogens is 514 g/mol. The summed E-state index contributed by atoms with van der Waals surface area (Å²) in [5, 5.41) is 16.6. The van der Waals surface area contributed by atoms with E-state index in [4.69, 9.17) is 21.7 Å². The molecule has 1 saturated carbocycles. The number of aromatic nitrogens is 2. The summed E-state index contributed by atoms with van der Waals surface area (Å²) in [5.74, 6) is 0. The van der Waals surface area contributed by atoms with Gasteiger partial charge in [-0.1, -0.05) is 25.4 Å². The van der Waals surface area contributed by atoms with Crippen LogP contribution in [0.5, 0.6) is 0 Å². The van der Waals surface area contributed by atoms with Crippen LogP contribution in [-0.4, -0.2) is 79.0 Å². The molecule has 3 aliphatic rings. The molecule has 208 valence electrons. The molecule has 0 atom stereocenters. The van der Waals surface area contributed by atoms with Gasteiger partial charge in [0.25, 0.3) is 0 Å². The number of nitrogens with zero attached hydrogens (tertiary/aromatic N) is 4. The normalized spacial score (nSPS) is 27.2. The highest BCUT2D eigenvalue weighted by Gasteiger charge is 2.53. The number of halogens is 3. The number of piperazine rings is 1. The fourth-order valence-corrected chi connectivity index (χ4v) is 6.69. The Hall–Kier alpha value is -2.27. The van der Waals surface area contributed by atoms with Crippen molar-refractivity contribution in [3.63, 3.8) is 0 Å². The van der Waals surface area contributed by atoms with Crippen molar-refractivity contribution in [3.8, 4) is 0 Å². The lowest BCUT2D eigenvalue weighted by molar-refractivity contribution is -0.178. The topological polar surface area (TPSA) is 78.6 Å². The van der Waals surface area contributed by atoms with Gasteiger partial charge < -0.3 is 25.1 Å². The Balaban J connectivity index is 1.29. The molecule has 0 amide bonds. The molecule has 11 heteroatoms. The van der Waals surface area contributed by atoms with Crippen LogP contribution in [0.4, 0.5) is 25.8 Å². The average molecular weight is 551 g/mol. The molecule has 2 N–H and O–H groups in total. The number of hydrogen-bond acceptors (Lipinski definition) is 7. The predicted molar refractivity (Wildman–Crippen MR) is 145 cm³/mol. The summed E-state index contributed by atoms with van der Waals surface area (Å²) in [6.45, 7) is 8.80. The molecular formula is C27H37ClF2N6O2. The van der Waals surface area contributed by atoms with E-state index in [0.717, 1.165) is 75.7 Å². The Kier molecular flexibility index (Phi) is 7.45. The van der Waals surface area contributed by atoms with Gasteiger partial charge in [-0.25, -0.2) is 0 Å². The average Bonchev–Trinajstić information content (AvgIpc) is 3.34. The molecule has 3 fully saturated rings. The summed E-state index contributed by atoms with van der Waals surface area (Å²) in [6.07, 6.45) is 7.30. The summed E-state index contributed by atoms with van der Waals surface area (Å²) in [5.41, 5.74) is 2.84. The van der Waals surface area contributed by atoms with Crippen molar-refractivity contribution >= 4 is 34.9 Å². The Morgan fingerprint density at radius 1 is 1.21 bits per heavy atom. The number of anilines is 3. The number of rotatable bonds is 10. The van der Waals surface area contributed by atoms with E-state index in [0.29, 0.717) is 10.6 Å². The van der Waals surface area contributed by atoms with Crippen LogP contribution in [0.15, 0.2) is 24.5 Å². The number of alkyl halides is 2. The molecule has 8 nitrogen and oxygen atoms in total. The first-order chi connectivity index (χ1) is 18.1. The third-order valence-corrected chi connectivity index (χ3v) is 8.86. The highest BCUT2D eigenvalue weighted by Crippen LogP contribution is 2.55. The molecule has 5 rings (SSSR count). The predicted octanol–water partition coefficient (Wildman–Crippen LogP) is 5.33. The highest BCUT2D eigenvalue weighted by molar-refractivity contribution is 6.33. The van der Waals surface area contributed by atoms with Crippen molar-refractivity contribution in [1.82, 2.24) is 14.7 Å². The fraction of sp³-hybridized carbons (Fsp3) is 0.630. The van der Waals surface area contributed by atoms with Crippen molar-refractivity contribution in [2.45, 2.75) is 57.7 Å². The van der Waals surface area contributed by atoms with Crippen LogP contribution < -0.4 is 10.2 Å². The summed E-state index contributed by atoms with van der Waals surface area (Å²) >= 11 is 6.68. The maximum absolute atomic E-state index is 12.6. The maximum Gasteiger partial charge on any atom is 0.345 e. The van der Waals surface area contributed by atoms with Crippen LogP contribution in [0.1, 0.15) is 45.6 Å². The third kappa shape index (κ3) is 5.15. The van der Waals surface area contributed by atoms with E-state index < -0.39 is 6.61 Å². The van der Waals surface area contributed by atoms with Gasteiger partial charge in [-0.2, -0.15) is 13.9 Å². The molecule has 2 saturated heterocycles. The lowest BCUT2D eigenvalue weighted by atomic mass is 9.57. The van der Waals surface area contributed by atoms with Crippen molar-refractivity contribution in [2.75, 3.05) is 56.2 Å². The van der Waals surface area contributed by atoms with Crippen molar-refractivity contribution in [1.29, 1.82) is 5.41 Å². The number of hydrogen-bond donors (Lipinski definition) is 2. The van der Waals surface area contributed by atoms with Gasteiger partial charge in [-0.15, -0.1) is 0 Å². The number of nitrogens with one attached hydrogen (secondary N) is 2. The largest absolute Gasteiger partial charge is 0.377 e. The minimum atomic E-state index is -2.75. The zero-order valence-corrected chi connectivity index (χ0v) is 23.0. The second kappa shape index (κ2) is 10.4. The van der Waals surface area contributed by atoms with Crippen LogP contribution in [-0.2, 0) is 15.0 Å². The van der Waals surface area contributed by atoms with Crippen molar-refractivity contribution in [2.24, 2.45) is 5.41 Å². The Labute approximate surface area is 227 Å². The summed E-state index contributed by atoms with van der Waals surface area (Å²) in [6, 6.07) is 3.85. The van der Waals surface area contributed by atoms with Crippen molar-refractivity contribution in [3.05, 3.63) is 35.1 Å². The Morgan fingerprint density at radius 3 is 2.50 bits per heavy atom. The highest BCUT2D eigenvalue weighted by atomic mass is 35.5. The zero-order chi connectivity index (χ0) is 27.1. The maximum atomic E-state index is 12.6. The van der Waals surface area contributed by atoms with E-state index in [-0.39, 0.29) is 23.1 Å². The van der Waals surface area contributed by atoms with E-state index in [1.165, 1.54) is 6.21 Å². The van der Waals surface area contributed by atoms with E-state index >= 15 is 0 Å². The van der Waals surface area contributed by atoms with Gasteiger partial charge >= 0.3 is 6.61 Å². The lowest BCUT2D eigenvalue weighted by Crippen LogP contribution is -2.64. The first-order valence-corrected chi connectivity index (χ1v) is 13.6. The van der Waals surface area contributed by atoms with E-state index in [9.17, 15) is 8.78 Å². The first kappa shape index (κ1) is 27.3.